The van der Waals surface area contributed by atoms with E-state index in [1.807, 2.05) is 30.3 Å². The summed E-state index contributed by atoms with van der Waals surface area (Å²) >= 11 is 12.1. The Hall–Kier alpha value is -2.86. The van der Waals surface area contributed by atoms with Gasteiger partial charge in [-0.3, -0.25) is 0 Å². The Balaban J connectivity index is 1.43. The highest BCUT2D eigenvalue weighted by Gasteiger charge is 2.26. The van der Waals surface area contributed by atoms with Gasteiger partial charge in [-0.15, -0.1) is 0 Å². The van der Waals surface area contributed by atoms with Crippen molar-refractivity contribution in [1.82, 2.24) is 10.3 Å². The van der Waals surface area contributed by atoms with Crippen molar-refractivity contribution in [3.63, 3.8) is 0 Å². The maximum absolute atomic E-state index is 6.12. The van der Waals surface area contributed by atoms with Gasteiger partial charge in [-0.1, -0.05) is 35.3 Å². The van der Waals surface area contributed by atoms with Crippen molar-refractivity contribution in [3.05, 3.63) is 87.0 Å². The molecule has 170 valence electrons. The lowest BCUT2D eigenvalue weighted by Crippen LogP contribution is -2.30. The third kappa shape index (κ3) is 4.24. The van der Waals surface area contributed by atoms with Crippen molar-refractivity contribution in [2.24, 2.45) is 0 Å². The van der Waals surface area contributed by atoms with E-state index < -0.39 is 0 Å². The minimum atomic E-state index is 0.0326. The Kier molecular flexibility index (Phi) is 6.11. The molecule has 4 aromatic rings. The van der Waals surface area contributed by atoms with Gasteiger partial charge in [-0.2, -0.15) is 0 Å². The highest BCUT2D eigenvalue weighted by molar-refractivity contribution is 6.42. The number of hydrogen-bond donors (Lipinski definition) is 2. The minimum Gasteiger partial charge on any atom is -0.497 e. The Labute approximate surface area is 202 Å². The zero-order valence-corrected chi connectivity index (χ0v) is 19.9. The van der Waals surface area contributed by atoms with Crippen LogP contribution >= 0.6 is 23.2 Å². The third-order valence-electron chi connectivity index (χ3n) is 6.06. The lowest BCUT2D eigenvalue weighted by atomic mass is 9.94. The maximum atomic E-state index is 6.12. The molecule has 1 aliphatic rings. The molecule has 5 nitrogen and oxygen atoms in total. The van der Waals surface area contributed by atoms with Crippen LogP contribution in [-0.2, 0) is 13.0 Å². The van der Waals surface area contributed by atoms with E-state index in [2.05, 4.69) is 28.5 Å². The fourth-order valence-electron chi connectivity index (χ4n) is 4.39. The number of rotatable bonds is 6. The molecule has 0 fully saturated rings. The molecule has 0 aliphatic carbocycles. The Bertz CT molecular complexity index is 1320. The summed E-state index contributed by atoms with van der Waals surface area (Å²) in [6.07, 6.45) is 0.959. The number of aromatic amines is 1. The first kappa shape index (κ1) is 22.0. The maximum Gasteiger partial charge on any atom is 0.161 e. The molecular weight excluding hydrogens is 459 g/mol. The summed E-state index contributed by atoms with van der Waals surface area (Å²) in [5.41, 5.74) is 5.65. The number of aromatic nitrogens is 1. The standard InChI is InChI=1S/C26H24Cl2N2O3/c1-31-17-5-7-22-19(13-17)18-9-10-29-25(26(18)30-22)16-4-8-23(24(12-16)32-2)33-14-15-3-6-20(27)21(28)11-15/h3-8,11-13,25,29-30H,9-10,14H2,1-2H3/t25-/m1/s1. The number of halogens is 2. The molecule has 1 aliphatic heterocycles. The highest BCUT2D eigenvalue weighted by Crippen LogP contribution is 2.38. The van der Waals surface area contributed by atoms with E-state index in [0.717, 1.165) is 35.4 Å². The topological polar surface area (TPSA) is 55.5 Å². The van der Waals surface area contributed by atoms with E-state index in [-0.39, 0.29) is 6.04 Å². The van der Waals surface area contributed by atoms with Crippen molar-refractivity contribution in [2.45, 2.75) is 19.1 Å². The van der Waals surface area contributed by atoms with Crippen molar-refractivity contribution >= 4 is 34.1 Å². The van der Waals surface area contributed by atoms with Crippen LogP contribution in [0.1, 0.15) is 28.4 Å². The van der Waals surface area contributed by atoms with E-state index in [9.17, 15) is 0 Å². The second kappa shape index (κ2) is 9.18. The first-order valence-electron chi connectivity index (χ1n) is 10.7. The molecule has 3 aromatic carbocycles. The van der Waals surface area contributed by atoms with Crippen molar-refractivity contribution in [2.75, 3.05) is 20.8 Å². The van der Waals surface area contributed by atoms with E-state index >= 15 is 0 Å². The van der Waals surface area contributed by atoms with Crippen LogP contribution in [0, 0.1) is 0 Å². The number of nitrogens with one attached hydrogen (secondary N) is 2. The van der Waals surface area contributed by atoms with Gasteiger partial charge < -0.3 is 24.5 Å². The molecule has 5 rings (SSSR count). The molecule has 0 unspecified atom stereocenters. The van der Waals surface area contributed by atoms with Crippen molar-refractivity contribution in [1.29, 1.82) is 0 Å². The van der Waals surface area contributed by atoms with E-state index in [4.69, 9.17) is 37.4 Å². The van der Waals surface area contributed by atoms with Gasteiger partial charge in [0, 0.05) is 23.1 Å². The van der Waals surface area contributed by atoms with Crippen LogP contribution in [0.4, 0.5) is 0 Å². The van der Waals surface area contributed by atoms with Crippen LogP contribution in [0.3, 0.4) is 0 Å². The molecule has 2 heterocycles. The first-order chi connectivity index (χ1) is 16.1. The molecule has 0 radical (unpaired) electrons. The van der Waals surface area contributed by atoms with Gasteiger partial charge in [0.15, 0.2) is 11.5 Å². The monoisotopic (exact) mass is 482 g/mol. The van der Waals surface area contributed by atoms with Gasteiger partial charge in [-0.25, -0.2) is 0 Å². The summed E-state index contributed by atoms with van der Waals surface area (Å²) in [4.78, 5) is 3.61. The Morgan fingerprint density at radius 1 is 0.909 bits per heavy atom. The quantitative estimate of drug-likeness (QED) is 0.338. The largest absolute Gasteiger partial charge is 0.497 e. The Morgan fingerprint density at radius 3 is 2.58 bits per heavy atom. The summed E-state index contributed by atoms with van der Waals surface area (Å²) in [6, 6.07) is 17.7. The fourth-order valence-corrected chi connectivity index (χ4v) is 4.71. The molecule has 0 saturated heterocycles. The van der Waals surface area contributed by atoms with Gasteiger partial charge in [0.2, 0.25) is 0 Å². The second-order valence-electron chi connectivity index (χ2n) is 8.01. The molecule has 0 saturated carbocycles. The predicted molar refractivity (Wildman–Crippen MR) is 132 cm³/mol. The number of H-pyrrole nitrogens is 1. The van der Waals surface area contributed by atoms with Gasteiger partial charge in [0.05, 0.1) is 30.3 Å². The average molecular weight is 483 g/mol. The molecular formula is C26H24Cl2N2O3. The third-order valence-corrected chi connectivity index (χ3v) is 6.80. The minimum absolute atomic E-state index is 0.0326. The van der Waals surface area contributed by atoms with Crippen LogP contribution in [0.15, 0.2) is 54.6 Å². The van der Waals surface area contributed by atoms with Crippen molar-refractivity contribution in [3.8, 4) is 17.2 Å². The number of fused-ring (bicyclic) bond motifs is 3. The Morgan fingerprint density at radius 2 is 1.79 bits per heavy atom. The zero-order chi connectivity index (χ0) is 22.9. The van der Waals surface area contributed by atoms with E-state index in [1.54, 1.807) is 20.3 Å². The summed E-state index contributed by atoms with van der Waals surface area (Å²) in [5.74, 6) is 2.22. The predicted octanol–water partition coefficient (Wildman–Crippen LogP) is 6.31. The number of hydrogen-bond acceptors (Lipinski definition) is 4. The van der Waals surface area contributed by atoms with Crippen LogP contribution in [0.25, 0.3) is 10.9 Å². The van der Waals surface area contributed by atoms with E-state index in [0.29, 0.717) is 28.2 Å². The summed E-state index contributed by atoms with van der Waals surface area (Å²) in [6.45, 7) is 1.25. The molecule has 0 amide bonds. The summed E-state index contributed by atoms with van der Waals surface area (Å²) < 4.78 is 17.1. The second-order valence-corrected chi connectivity index (χ2v) is 8.83. The number of methoxy groups -OCH3 is 2. The molecule has 0 bridgehead atoms. The van der Waals surface area contributed by atoms with Gasteiger partial charge in [0.25, 0.3) is 0 Å². The molecule has 1 atom stereocenters. The smallest absolute Gasteiger partial charge is 0.161 e. The van der Waals surface area contributed by atoms with Gasteiger partial charge >= 0.3 is 0 Å². The van der Waals surface area contributed by atoms with Crippen LogP contribution < -0.4 is 19.5 Å². The van der Waals surface area contributed by atoms with Gasteiger partial charge in [0.1, 0.15) is 12.4 Å². The number of benzene rings is 3. The summed E-state index contributed by atoms with van der Waals surface area (Å²) in [5, 5.41) is 5.88. The SMILES string of the molecule is COc1ccc2[nH]c3c(c2c1)CCN[C@@H]3c1ccc(OCc2ccc(Cl)c(Cl)c2)c(OC)c1. The molecule has 0 spiro atoms. The molecule has 33 heavy (non-hydrogen) atoms. The highest BCUT2D eigenvalue weighted by atomic mass is 35.5. The summed E-state index contributed by atoms with van der Waals surface area (Å²) in [7, 11) is 3.35. The van der Waals surface area contributed by atoms with E-state index in [1.165, 1.54) is 16.6 Å². The first-order valence-corrected chi connectivity index (χ1v) is 11.5. The molecule has 2 N–H and O–H groups in total. The zero-order valence-electron chi connectivity index (χ0n) is 18.4. The average Bonchev–Trinajstić information content (AvgIpc) is 3.22. The van der Waals surface area contributed by atoms with Crippen molar-refractivity contribution < 1.29 is 14.2 Å². The van der Waals surface area contributed by atoms with Crippen LogP contribution in [-0.4, -0.2) is 25.7 Å². The van der Waals surface area contributed by atoms with Crippen LogP contribution in [0.5, 0.6) is 17.2 Å². The fraction of sp³-hybridized carbons (Fsp3) is 0.231. The van der Waals surface area contributed by atoms with Crippen LogP contribution in [0.2, 0.25) is 10.0 Å². The normalized spacial score (nSPS) is 15.3. The molecule has 1 aromatic heterocycles. The van der Waals surface area contributed by atoms with Gasteiger partial charge in [-0.05, 0) is 65.6 Å². The molecule has 7 heteroatoms. The number of ether oxygens (including phenoxy) is 3. The lowest BCUT2D eigenvalue weighted by Gasteiger charge is -2.25. The lowest BCUT2D eigenvalue weighted by molar-refractivity contribution is 0.284.